The quantitative estimate of drug-likeness (QED) is 0.773. The highest BCUT2D eigenvalue weighted by molar-refractivity contribution is 6.01. The van der Waals surface area contributed by atoms with Crippen LogP contribution in [0.5, 0.6) is 0 Å². The van der Waals surface area contributed by atoms with Gasteiger partial charge in [-0.1, -0.05) is 0 Å². The first-order valence-electron chi connectivity index (χ1n) is 7.72. The lowest BCUT2D eigenvalue weighted by Crippen LogP contribution is -2.54. The molecule has 0 atom stereocenters. The summed E-state index contributed by atoms with van der Waals surface area (Å²) in [5.74, 6) is -1.27. The van der Waals surface area contributed by atoms with E-state index in [2.05, 4.69) is 10.1 Å². The summed E-state index contributed by atoms with van der Waals surface area (Å²) in [4.78, 5) is 29.5. The van der Waals surface area contributed by atoms with Gasteiger partial charge in [0, 0.05) is 24.8 Å². The molecule has 2 aromatic heterocycles. The molecular weight excluding hydrogens is 325 g/mol. The van der Waals surface area contributed by atoms with Gasteiger partial charge in [-0.3, -0.25) is 9.59 Å². The number of carbonyl (C=O) groups excluding carboxylic acids is 2. The Hall–Kier alpha value is -3.29. The molecule has 126 valence electrons. The molecule has 2 amide bonds. The molecule has 7 nitrogen and oxygen atoms in total. The fraction of sp³-hybridized carbons (Fsp3) is 0.176. The molecule has 1 fully saturated rings. The molecule has 25 heavy (non-hydrogen) atoms. The van der Waals surface area contributed by atoms with E-state index in [1.165, 1.54) is 18.3 Å². The Morgan fingerprint density at radius 2 is 1.88 bits per heavy atom. The first kappa shape index (κ1) is 15.3. The van der Waals surface area contributed by atoms with Gasteiger partial charge in [-0.25, -0.2) is 13.9 Å². The number of nitrogens with zero attached hydrogens (tertiary/aromatic N) is 4. The average molecular weight is 339 g/mol. The van der Waals surface area contributed by atoms with E-state index in [0.29, 0.717) is 30.0 Å². The van der Waals surface area contributed by atoms with E-state index in [-0.39, 0.29) is 17.6 Å². The van der Waals surface area contributed by atoms with Gasteiger partial charge < -0.3 is 10.6 Å². The van der Waals surface area contributed by atoms with Crippen LogP contribution in [0, 0.1) is 11.7 Å². The predicted molar refractivity (Wildman–Crippen MR) is 87.0 cm³/mol. The normalized spacial score (nSPS) is 14.5. The molecule has 1 aliphatic heterocycles. The number of likely N-dealkylation sites (tertiary alicyclic amines) is 1. The zero-order valence-electron chi connectivity index (χ0n) is 13.1. The van der Waals surface area contributed by atoms with Crippen molar-refractivity contribution >= 4 is 17.5 Å². The molecule has 8 heteroatoms. The van der Waals surface area contributed by atoms with Gasteiger partial charge in [0.05, 0.1) is 17.8 Å². The first-order valence-corrected chi connectivity index (χ1v) is 7.72. The van der Waals surface area contributed by atoms with Crippen LogP contribution in [0.4, 0.5) is 4.39 Å². The van der Waals surface area contributed by atoms with Gasteiger partial charge >= 0.3 is 0 Å². The Labute approximate surface area is 141 Å². The summed E-state index contributed by atoms with van der Waals surface area (Å²) < 4.78 is 14.7. The molecular formula is C17H14FN5O2. The van der Waals surface area contributed by atoms with Crippen molar-refractivity contribution in [3.8, 4) is 11.3 Å². The second kappa shape index (κ2) is 5.66. The van der Waals surface area contributed by atoms with Crippen LogP contribution in [0.1, 0.15) is 10.4 Å². The zero-order chi connectivity index (χ0) is 17.6. The van der Waals surface area contributed by atoms with E-state index in [4.69, 9.17) is 5.73 Å². The van der Waals surface area contributed by atoms with Crippen molar-refractivity contribution < 1.29 is 14.0 Å². The lowest BCUT2D eigenvalue weighted by molar-refractivity contribution is -0.125. The van der Waals surface area contributed by atoms with Crippen LogP contribution in [0.3, 0.4) is 0 Å². The Balaban J connectivity index is 1.69. The van der Waals surface area contributed by atoms with E-state index < -0.39 is 5.91 Å². The fourth-order valence-corrected chi connectivity index (χ4v) is 2.88. The van der Waals surface area contributed by atoms with Gasteiger partial charge in [-0.15, -0.1) is 0 Å². The molecule has 3 aromatic rings. The van der Waals surface area contributed by atoms with Crippen LogP contribution in [-0.2, 0) is 4.79 Å². The summed E-state index contributed by atoms with van der Waals surface area (Å²) in [5.41, 5.74) is 7.45. The lowest BCUT2D eigenvalue weighted by atomic mass is 9.99. The van der Waals surface area contributed by atoms with Crippen LogP contribution in [-0.4, -0.2) is 44.4 Å². The maximum Gasteiger partial charge on any atom is 0.259 e. The summed E-state index contributed by atoms with van der Waals surface area (Å²) >= 11 is 0. The topological polar surface area (TPSA) is 93.6 Å². The van der Waals surface area contributed by atoms with E-state index >= 15 is 0 Å². The van der Waals surface area contributed by atoms with Crippen LogP contribution in [0.15, 0.2) is 42.7 Å². The number of hydrogen-bond acceptors (Lipinski definition) is 4. The van der Waals surface area contributed by atoms with Gasteiger partial charge in [-0.05, 0) is 30.3 Å². The smallest absolute Gasteiger partial charge is 0.259 e. The number of primary amides is 1. The Bertz CT molecular complexity index is 976. The number of nitrogens with two attached hydrogens (primary N) is 1. The van der Waals surface area contributed by atoms with Gasteiger partial charge in [-0.2, -0.15) is 5.10 Å². The summed E-state index contributed by atoms with van der Waals surface area (Å²) in [6.45, 7) is 0.617. The maximum absolute atomic E-state index is 13.1. The number of aromatic nitrogens is 3. The van der Waals surface area contributed by atoms with Gasteiger partial charge in [0.2, 0.25) is 5.91 Å². The molecule has 0 saturated carbocycles. The third kappa shape index (κ3) is 2.51. The molecule has 3 heterocycles. The third-order valence-electron chi connectivity index (χ3n) is 4.34. The number of amides is 2. The summed E-state index contributed by atoms with van der Waals surface area (Å²) in [7, 11) is 0. The molecule has 0 aliphatic carbocycles. The van der Waals surface area contributed by atoms with Crippen molar-refractivity contribution in [2.75, 3.05) is 13.1 Å². The molecule has 0 radical (unpaired) electrons. The van der Waals surface area contributed by atoms with Gasteiger partial charge in [0.1, 0.15) is 11.4 Å². The Morgan fingerprint density at radius 3 is 2.56 bits per heavy atom. The number of fused-ring (bicyclic) bond motifs is 1. The highest BCUT2D eigenvalue weighted by Gasteiger charge is 2.36. The second-order valence-corrected chi connectivity index (χ2v) is 5.94. The molecule has 2 N–H and O–H groups in total. The summed E-state index contributed by atoms with van der Waals surface area (Å²) in [6, 6.07) is 7.75. The molecule has 0 bridgehead atoms. The van der Waals surface area contributed by atoms with Gasteiger partial charge in [0.25, 0.3) is 5.91 Å². The number of halogens is 1. The third-order valence-corrected chi connectivity index (χ3v) is 4.34. The first-order chi connectivity index (χ1) is 12.0. The van der Waals surface area contributed by atoms with Crippen molar-refractivity contribution in [3.63, 3.8) is 0 Å². The minimum absolute atomic E-state index is 0.240. The van der Waals surface area contributed by atoms with Crippen molar-refractivity contribution in [2.45, 2.75) is 0 Å². The highest BCUT2D eigenvalue weighted by atomic mass is 19.1. The maximum atomic E-state index is 13.1. The van der Waals surface area contributed by atoms with Crippen molar-refractivity contribution in [3.05, 3.63) is 54.1 Å². The lowest BCUT2D eigenvalue weighted by Gasteiger charge is -2.37. The van der Waals surface area contributed by atoms with Gasteiger partial charge in [0.15, 0.2) is 5.65 Å². The van der Waals surface area contributed by atoms with E-state index in [0.717, 1.165) is 5.56 Å². The van der Waals surface area contributed by atoms with Crippen LogP contribution >= 0.6 is 0 Å². The van der Waals surface area contributed by atoms with Crippen LogP contribution < -0.4 is 5.73 Å². The minimum Gasteiger partial charge on any atom is -0.369 e. The standard InChI is InChI=1S/C17H14FN5O2/c18-12-3-1-10(2-4-12)14-5-6-20-16-13(7-21-23(14)16)17(25)22-8-11(9-22)15(19)24/h1-7,11H,8-9H2,(H2,19,24). The predicted octanol–water partition coefficient (Wildman–Crippen LogP) is 1.09. The van der Waals surface area contributed by atoms with Crippen molar-refractivity contribution in [1.82, 2.24) is 19.5 Å². The van der Waals surface area contributed by atoms with E-state index in [1.54, 1.807) is 33.8 Å². The number of carbonyl (C=O) groups is 2. The molecule has 1 saturated heterocycles. The summed E-state index contributed by atoms with van der Waals surface area (Å²) in [5, 5.41) is 4.25. The largest absolute Gasteiger partial charge is 0.369 e. The minimum atomic E-state index is -0.402. The Kier molecular flexibility index (Phi) is 3.45. The zero-order valence-corrected chi connectivity index (χ0v) is 13.1. The molecule has 4 rings (SSSR count). The highest BCUT2D eigenvalue weighted by Crippen LogP contribution is 2.24. The molecule has 1 aliphatic rings. The average Bonchev–Trinajstić information content (AvgIpc) is 2.98. The SMILES string of the molecule is NC(=O)C1CN(C(=O)c2cnn3c(-c4ccc(F)cc4)ccnc23)C1. The van der Waals surface area contributed by atoms with Crippen molar-refractivity contribution in [1.29, 1.82) is 0 Å². The number of hydrogen-bond donors (Lipinski definition) is 1. The monoisotopic (exact) mass is 339 g/mol. The van der Waals surface area contributed by atoms with Crippen LogP contribution in [0.2, 0.25) is 0 Å². The second-order valence-electron chi connectivity index (χ2n) is 5.94. The molecule has 0 spiro atoms. The van der Waals surface area contributed by atoms with Crippen LogP contribution in [0.25, 0.3) is 16.9 Å². The fourth-order valence-electron chi connectivity index (χ4n) is 2.88. The Morgan fingerprint density at radius 1 is 1.16 bits per heavy atom. The number of benzene rings is 1. The summed E-state index contributed by atoms with van der Waals surface area (Å²) in [6.07, 6.45) is 3.03. The van der Waals surface area contributed by atoms with E-state index in [9.17, 15) is 14.0 Å². The molecule has 0 unspecified atom stereocenters. The van der Waals surface area contributed by atoms with Crippen molar-refractivity contribution in [2.24, 2.45) is 11.7 Å². The van der Waals surface area contributed by atoms with E-state index in [1.807, 2.05) is 0 Å². The number of rotatable bonds is 3. The molecule has 1 aromatic carbocycles.